The van der Waals surface area contributed by atoms with Crippen LogP contribution in [0.4, 0.5) is 5.82 Å². The topological polar surface area (TPSA) is 84.4 Å². The molecular formula is C18H26N4O3. The molecule has 1 aromatic heterocycles. The highest BCUT2D eigenvalue weighted by atomic mass is 16.5. The van der Waals surface area contributed by atoms with Gasteiger partial charge in [-0.05, 0) is 32.6 Å². The number of hydrogen-bond acceptors (Lipinski definition) is 6. The average molecular weight is 346 g/mol. The molecule has 1 saturated heterocycles. The lowest BCUT2D eigenvalue weighted by molar-refractivity contribution is -0.153. The minimum Gasteiger partial charge on any atom is -0.464 e. The second kappa shape index (κ2) is 7.80. The van der Waals surface area contributed by atoms with Crippen molar-refractivity contribution in [3.8, 4) is 0 Å². The van der Waals surface area contributed by atoms with Gasteiger partial charge >= 0.3 is 5.97 Å². The molecule has 0 aromatic carbocycles. The van der Waals surface area contributed by atoms with Crippen molar-refractivity contribution in [3.05, 3.63) is 18.6 Å². The fourth-order valence-electron chi connectivity index (χ4n) is 3.82. The van der Waals surface area contributed by atoms with Crippen molar-refractivity contribution < 1.29 is 14.3 Å². The van der Waals surface area contributed by atoms with E-state index in [9.17, 15) is 9.59 Å². The van der Waals surface area contributed by atoms with E-state index in [4.69, 9.17) is 4.74 Å². The Morgan fingerprint density at radius 1 is 1.32 bits per heavy atom. The van der Waals surface area contributed by atoms with E-state index in [-0.39, 0.29) is 17.8 Å². The molecule has 3 rings (SSSR count). The summed E-state index contributed by atoms with van der Waals surface area (Å²) in [6.07, 6.45) is 9.97. The van der Waals surface area contributed by atoms with Crippen molar-refractivity contribution in [2.45, 2.75) is 51.0 Å². The first-order chi connectivity index (χ1) is 12.1. The Balaban J connectivity index is 1.66. The molecule has 0 unspecified atom stereocenters. The largest absolute Gasteiger partial charge is 0.464 e. The number of hydrogen-bond donors (Lipinski definition) is 1. The summed E-state index contributed by atoms with van der Waals surface area (Å²) in [5.41, 5.74) is -0.831. The number of anilines is 1. The summed E-state index contributed by atoms with van der Waals surface area (Å²) >= 11 is 0. The van der Waals surface area contributed by atoms with Crippen LogP contribution in [0.15, 0.2) is 18.6 Å². The molecule has 25 heavy (non-hydrogen) atoms. The fourth-order valence-corrected chi connectivity index (χ4v) is 3.82. The fraction of sp³-hybridized carbons (Fsp3) is 0.667. The Kier molecular flexibility index (Phi) is 5.50. The molecule has 0 radical (unpaired) electrons. The zero-order valence-corrected chi connectivity index (χ0v) is 14.7. The predicted molar refractivity (Wildman–Crippen MR) is 92.9 cm³/mol. The first kappa shape index (κ1) is 17.6. The van der Waals surface area contributed by atoms with Crippen LogP contribution in [0.5, 0.6) is 0 Å². The molecule has 2 heterocycles. The van der Waals surface area contributed by atoms with Crippen LogP contribution in [0.25, 0.3) is 0 Å². The van der Waals surface area contributed by atoms with E-state index in [0.29, 0.717) is 26.0 Å². The first-order valence-corrected chi connectivity index (χ1v) is 9.15. The molecule has 7 heteroatoms. The van der Waals surface area contributed by atoms with Gasteiger partial charge < -0.3 is 15.0 Å². The van der Waals surface area contributed by atoms with Crippen LogP contribution in [0.2, 0.25) is 0 Å². The van der Waals surface area contributed by atoms with Gasteiger partial charge in [0.05, 0.1) is 18.7 Å². The third kappa shape index (κ3) is 3.91. The Bertz CT molecular complexity index is 602. The summed E-state index contributed by atoms with van der Waals surface area (Å²) in [7, 11) is 0. The molecule has 0 spiro atoms. The lowest BCUT2D eigenvalue weighted by atomic mass is 9.92. The number of nitrogens with one attached hydrogen (secondary N) is 1. The van der Waals surface area contributed by atoms with Crippen molar-refractivity contribution >= 4 is 17.7 Å². The highest BCUT2D eigenvalue weighted by Gasteiger charge is 2.45. The predicted octanol–water partition coefficient (Wildman–Crippen LogP) is 1.69. The third-order valence-electron chi connectivity index (χ3n) is 5.15. The van der Waals surface area contributed by atoms with E-state index >= 15 is 0 Å². The van der Waals surface area contributed by atoms with Crippen LogP contribution in [-0.4, -0.2) is 47.1 Å². The molecule has 2 aliphatic rings. The Morgan fingerprint density at radius 3 is 2.80 bits per heavy atom. The van der Waals surface area contributed by atoms with Gasteiger partial charge in [-0.1, -0.05) is 12.8 Å². The van der Waals surface area contributed by atoms with E-state index in [1.54, 1.807) is 25.5 Å². The zero-order valence-electron chi connectivity index (χ0n) is 14.7. The molecule has 1 aliphatic carbocycles. The van der Waals surface area contributed by atoms with E-state index in [1.807, 2.05) is 0 Å². The SMILES string of the molecule is CCOC(=O)C1(NC(=O)[C@@H]2CCCN(c3cnccn3)C2)CCCC1. The van der Waals surface area contributed by atoms with E-state index in [2.05, 4.69) is 20.2 Å². The van der Waals surface area contributed by atoms with Crippen LogP contribution in [0.3, 0.4) is 0 Å². The Hall–Kier alpha value is -2.18. The van der Waals surface area contributed by atoms with Gasteiger partial charge in [0.2, 0.25) is 5.91 Å². The van der Waals surface area contributed by atoms with Crippen molar-refractivity contribution in [2.75, 3.05) is 24.6 Å². The molecule has 1 atom stereocenters. The van der Waals surface area contributed by atoms with Crippen LogP contribution in [0, 0.1) is 5.92 Å². The van der Waals surface area contributed by atoms with Gasteiger partial charge in [-0.3, -0.25) is 9.78 Å². The molecule has 7 nitrogen and oxygen atoms in total. The van der Waals surface area contributed by atoms with Crippen molar-refractivity contribution in [1.82, 2.24) is 15.3 Å². The maximum absolute atomic E-state index is 12.9. The summed E-state index contributed by atoms with van der Waals surface area (Å²) in [6, 6.07) is 0. The molecule has 1 aliphatic heterocycles. The van der Waals surface area contributed by atoms with Gasteiger partial charge in [0.25, 0.3) is 0 Å². The van der Waals surface area contributed by atoms with Gasteiger partial charge in [0, 0.05) is 25.5 Å². The van der Waals surface area contributed by atoms with Crippen molar-refractivity contribution in [1.29, 1.82) is 0 Å². The van der Waals surface area contributed by atoms with E-state index < -0.39 is 5.54 Å². The molecule has 1 saturated carbocycles. The van der Waals surface area contributed by atoms with Gasteiger partial charge in [0.1, 0.15) is 11.4 Å². The standard InChI is InChI=1S/C18H26N4O3/c1-2-25-17(24)18(7-3-4-8-18)21-16(23)14-6-5-11-22(13-14)15-12-19-9-10-20-15/h9-10,12,14H,2-8,11,13H2,1H3,(H,21,23)/t14-/m1/s1. The second-order valence-corrected chi connectivity index (χ2v) is 6.85. The number of ether oxygens (including phenoxy) is 1. The number of carbonyl (C=O) groups excluding carboxylic acids is 2. The summed E-state index contributed by atoms with van der Waals surface area (Å²) in [6.45, 7) is 3.59. The molecule has 1 N–H and O–H groups in total. The molecule has 136 valence electrons. The second-order valence-electron chi connectivity index (χ2n) is 6.85. The normalized spacial score (nSPS) is 22.4. The minimum atomic E-state index is -0.831. The lowest BCUT2D eigenvalue weighted by Gasteiger charge is -2.35. The number of carbonyl (C=O) groups is 2. The minimum absolute atomic E-state index is 0.0523. The monoisotopic (exact) mass is 346 g/mol. The summed E-state index contributed by atoms with van der Waals surface area (Å²) in [4.78, 5) is 35.8. The molecule has 1 amide bonds. The number of piperidine rings is 1. The number of rotatable bonds is 5. The van der Waals surface area contributed by atoms with Gasteiger partial charge in [-0.15, -0.1) is 0 Å². The van der Waals surface area contributed by atoms with E-state index in [1.165, 1.54) is 0 Å². The summed E-state index contributed by atoms with van der Waals surface area (Å²) in [5, 5.41) is 3.04. The number of aromatic nitrogens is 2. The van der Waals surface area contributed by atoms with Crippen LogP contribution in [-0.2, 0) is 14.3 Å². The van der Waals surface area contributed by atoms with Crippen LogP contribution < -0.4 is 10.2 Å². The number of nitrogens with zero attached hydrogens (tertiary/aromatic N) is 3. The maximum atomic E-state index is 12.9. The quantitative estimate of drug-likeness (QED) is 0.817. The third-order valence-corrected chi connectivity index (χ3v) is 5.15. The van der Waals surface area contributed by atoms with Crippen molar-refractivity contribution in [2.24, 2.45) is 5.92 Å². The van der Waals surface area contributed by atoms with Crippen LogP contribution in [0.1, 0.15) is 45.4 Å². The highest BCUT2D eigenvalue weighted by molar-refractivity contribution is 5.89. The lowest BCUT2D eigenvalue weighted by Crippen LogP contribution is -2.56. The van der Waals surface area contributed by atoms with Gasteiger partial charge in [0.15, 0.2) is 0 Å². The number of amides is 1. The average Bonchev–Trinajstić information content (AvgIpc) is 3.12. The maximum Gasteiger partial charge on any atom is 0.331 e. The molecule has 2 fully saturated rings. The molecular weight excluding hydrogens is 320 g/mol. The highest BCUT2D eigenvalue weighted by Crippen LogP contribution is 2.32. The Morgan fingerprint density at radius 2 is 2.12 bits per heavy atom. The Labute approximate surface area is 148 Å². The summed E-state index contributed by atoms with van der Waals surface area (Å²) in [5.74, 6) is 0.301. The van der Waals surface area contributed by atoms with Gasteiger partial charge in [-0.2, -0.15) is 0 Å². The number of esters is 1. The summed E-state index contributed by atoms with van der Waals surface area (Å²) < 4.78 is 5.23. The smallest absolute Gasteiger partial charge is 0.331 e. The van der Waals surface area contributed by atoms with E-state index in [0.717, 1.165) is 38.0 Å². The zero-order chi connectivity index (χ0) is 17.7. The first-order valence-electron chi connectivity index (χ1n) is 9.15. The van der Waals surface area contributed by atoms with Crippen molar-refractivity contribution in [3.63, 3.8) is 0 Å². The molecule has 0 bridgehead atoms. The van der Waals surface area contributed by atoms with Crippen LogP contribution >= 0.6 is 0 Å². The molecule has 1 aromatic rings. The van der Waals surface area contributed by atoms with Gasteiger partial charge in [-0.25, -0.2) is 9.78 Å².